The van der Waals surface area contributed by atoms with Gasteiger partial charge in [-0.1, -0.05) is 12.1 Å². The second-order valence-electron chi connectivity index (χ2n) is 4.19. The number of benzene rings is 1. The van der Waals surface area contributed by atoms with Crippen molar-refractivity contribution in [3.63, 3.8) is 0 Å². The molecule has 0 saturated heterocycles. The van der Waals surface area contributed by atoms with Gasteiger partial charge in [0.15, 0.2) is 0 Å². The molecule has 3 nitrogen and oxygen atoms in total. The minimum atomic E-state index is -0.0915. The Morgan fingerprint density at radius 2 is 2.07 bits per heavy atom. The van der Waals surface area contributed by atoms with Crippen LogP contribution in [-0.4, -0.2) is 12.1 Å². The van der Waals surface area contributed by atoms with Gasteiger partial charge < -0.3 is 10.6 Å². The van der Waals surface area contributed by atoms with E-state index in [0.717, 1.165) is 29.7 Å². The summed E-state index contributed by atoms with van der Waals surface area (Å²) < 4.78 is 0. The minimum Gasteiger partial charge on any atom is -0.335 e. The lowest BCUT2D eigenvalue weighted by atomic mass is 10.1. The van der Waals surface area contributed by atoms with Crippen molar-refractivity contribution in [3.05, 3.63) is 29.3 Å². The number of anilines is 1. The Bertz CT molecular complexity index is 383. The lowest BCUT2D eigenvalue weighted by molar-refractivity contribution is 0.251. The van der Waals surface area contributed by atoms with Gasteiger partial charge in [0, 0.05) is 11.7 Å². The van der Waals surface area contributed by atoms with Gasteiger partial charge in [-0.05, 0) is 43.9 Å². The molecule has 0 heterocycles. The largest absolute Gasteiger partial charge is 0.335 e. The van der Waals surface area contributed by atoms with Crippen molar-refractivity contribution in [2.45, 2.75) is 32.7 Å². The third kappa shape index (κ3) is 2.72. The standard InChI is InChI=1S/C12H16N2O/c1-8-3-4-9(2)11(7-8)14-12(15)13-10-5-6-10/h3-4,7,10H,5-6H2,1-2H3,(H2,13,14,15). The number of carbonyl (C=O) groups excluding carboxylic acids is 1. The highest BCUT2D eigenvalue weighted by molar-refractivity contribution is 5.90. The number of hydrogen-bond donors (Lipinski definition) is 2. The summed E-state index contributed by atoms with van der Waals surface area (Å²) in [6, 6.07) is 6.35. The van der Waals surface area contributed by atoms with E-state index in [1.165, 1.54) is 0 Å². The predicted octanol–water partition coefficient (Wildman–Crippen LogP) is 2.59. The van der Waals surface area contributed by atoms with Gasteiger partial charge in [-0.15, -0.1) is 0 Å². The lowest BCUT2D eigenvalue weighted by Gasteiger charge is -2.09. The van der Waals surface area contributed by atoms with Crippen LogP contribution in [0, 0.1) is 13.8 Å². The van der Waals surface area contributed by atoms with Gasteiger partial charge in [-0.2, -0.15) is 0 Å². The van der Waals surface area contributed by atoms with Gasteiger partial charge in [0.1, 0.15) is 0 Å². The molecule has 3 heteroatoms. The van der Waals surface area contributed by atoms with E-state index in [1.54, 1.807) is 0 Å². The molecule has 2 rings (SSSR count). The molecule has 15 heavy (non-hydrogen) atoms. The molecule has 0 aromatic heterocycles. The molecule has 1 aliphatic carbocycles. The summed E-state index contributed by atoms with van der Waals surface area (Å²) in [7, 11) is 0. The highest BCUT2D eigenvalue weighted by atomic mass is 16.2. The SMILES string of the molecule is Cc1ccc(C)c(NC(=O)NC2CC2)c1. The van der Waals surface area contributed by atoms with Gasteiger partial charge in [0.05, 0.1) is 0 Å². The zero-order valence-corrected chi connectivity index (χ0v) is 9.13. The zero-order valence-electron chi connectivity index (χ0n) is 9.13. The fraction of sp³-hybridized carbons (Fsp3) is 0.417. The maximum atomic E-state index is 11.5. The number of rotatable bonds is 2. The number of amides is 2. The molecule has 1 aromatic carbocycles. The molecule has 2 amide bonds. The third-order valence-corrected chi connectivity index (χ3v) is 2.55. The number of nitrogens with one attached hydrogen (secondary N) is 2. The van der Waals surface area contributed by atoms with Crippen molar-refractivity contribution in [2.75, 3.05) is 5.32 Å². The van der Waals surface area contributed by atoms with Crippen LogP contribution in [0.25, 0.3) is 0 Å². The molecule has 1 fully saturated rings. The Labute approximate surface area is 89.9 Å². The van der Waals surface area contributed by atoms with Crippen LogP contribution in [0.5, 0.6) is 0 Å². The molecule has 0 atom stereocenters. The number of carbonyl (C=O) groups is 1. The second kappa shape index (κ2) is 3.93. The van der Waals surface area contributed by atoms with Crippen LogP contribution < -0.4 is 10.6 Å². The molecular weight excluding hydrogens is 188 g/mol. The predicted molar refractivity (Wildman–Crippen MR) is 61.1 cm³/mol. The molecule has 0 spiro atoms. The summed E-state index contributed by atoms with van der Waals surface area (Å²) >= 11 is 0. The van der Waals surface area contributed by atoms with Crippen molar-refractivity contribution < 1.29 is 4.79 Å². The van der Waals surface area contributed by atoms with Gasteiger partial charge in [0.2, 0.25) is 0 Å². The van der Waals surface area contributed by atoms with E-state index in [0.29, 0.717) is 6.04 Å². The fourth-order valence-electron chi connectivity index (χ4n) is 1.44. The van der Waals surface area contributed by atoms with Crippen molar-refractivity contribution in [1.82, 2.24) is 5.32 Å². The first-order valence-electron chi connectivity index (χ1n) is 5.30. The van der Waals surface area contributed by atoms with Crippen LogP contribution in [0.2, 0.25) is 0 Å². The topological polar surface area (TPSA) is 41.1 Å². The summed E-state index contributed by atoms with van der Waals surface area (Å²) in [5.41, 5.74) is 3.14. The summed E-state index contributed by atoms with van der Waals surface area (Å²) in [5.74, 6) is 0. The summed E-state index contributed by atoms with van der Waals surface area (Å²) in [5, 5.41) is 5.77. The average Bonchev–Trinajstić information content (AvgIpc) is 2.95. The number of hydrogen-bond acceptors (Lipinski definition) is 1. The molecule has 1 aromatic rings. The number of aryl methyl sites for hydroxylation is 2. The maximum absolute atomic E-state index is 11.5. The summed E-state index contributed by atoms with van der Waals surface area (Å²) in [6.45, 7) is 4.01. The molecule has 0 aliphatic heterocycles. The van der Waals surface area contributed by atoms with Gasteiger partial charge >= 0.3 is 6.03 Å². The van der Waals surface area contributed by atoms with Crippen molar-refractivity contribution >= 4 is 11.7 Å². The Balaban J connectivity index is 2.01. The van der Waals surface area contributed by atoms with Crippen LogP contribution in [0.1, 0.15) is 24.0 Å². The molecule has 2 N–H and O–H groups in total. The van der Waals surface area contributed by atoms with Crippen LogP contribution in [-0.2, 0) is 0 Å². The molecule has 0 radical (unpaired) electrons. The minimum absolute atomic E-state index is 0.0915. The molecule has 1 saturated carbocycles. The van der Waals surface area contributed by atoms with Crippen LogP contribution in [0.15, 0.2) is 18.2 Å². The number of urea groups is 1. The first kappa shape index (κ1) is 10.0. The quantitative estimate of drug-likeness (QED) is 0.763. The normalized spacial score (nSPS) is 14.8. The summed E-state index contributed by atoms with van der Waals surface area (Å²) in [4.78, 5) is 11.5. The Kier molecular flexibility index (Phi) is 2.62. The third-order valence-electron chi connectivity index (χ3n) is 2.55. The van der Waals surface area contributed by atoms with E-state index in [4.69, 9.17) is 0 Å². The van der Waals surface area contributed by atoms with Gasteiger partial charge in [-0.3, -0.25) is 0 Å². The van der Waals surface area contributed by atoms with E-state index in [1.807, 2.05) is 32.0 Å². The zero-order chi connectivity index (χ0) is 10.8. The first-order chi connectivity index (χ1) is 7.15. The van der Waals surface area contributed by atoms with E-state index in [9.17, 15) is 4.79 Å². The first-order valence-corrected chi connectivity index (χ1v) is 5.30. The van der Waals surface area contributed by atoms with E-state index in [-0.39, 0.29) is 6.03 Å². The van der Waals surface area contributed by atoms with E-state index >= 15 is 0 Å². The Morgan fingerprint density at radius 1 is 1.33 bits per heavy atom. The van der Waals surface area contributed by atoms with Crippen molar-refractivity contribution in [1.29, 1.82) is 0 Å². The van der Waals surface area contributed by atoms with Crippen LogP contribution in [0.4, 0.5) is 10.5 Å². The van der Waals surface area contributed by atoms with Gasteiger partial charge in [-0.25, -0.2) is 4.79 Å². The second-order valence-corrected chi connectivity index (χ2v) is 4.19. The highest BCUT2D eigenvalue weighted by Crippen LogP contribution is 2.20. The average molecular weight is 204 g/mol. The van der Waals surface area contributed by atoms with E-state index < -0.39 is 0 Å². The van der Waals surface area contributed by atoms with Crippen molar-refractivity contribution in [3.8, 4) is 0 Å². The van der Waals surface area contributed by atoms with Crippen LogP contribution >= 0.6 is 0 Å². The van der Waals surface area contributed by atoms with Gasteiger partial charge in [0.25, 0.3) is 0 Å². The molecule has 0 unspecified atom stereocenters. The molecule has 80 valence electrons. The lowest BCUT2D eigenvalue weighted by Crippen LogP contribution is -2.30. The van der Waals surface area contributed by atoms with E-state index in [2.05, 4.69) is 10.6 Å². The molecule has 1 aliphatic rings. The molecular formula is C12H16N2O. The van der Waals surface area contributed by atoms with Crippen molar-refractivity contribution in [2.24, 2.45) is 0 Å². The monoisotopic (exact) mass is 204 g/mol. The highest BCUT2D eigenvalue weighted by Gasteiger charge is 2.23. The fourth-order valence-corrected chi connectivity index (χ4v) is 1.44. The maximum Gasteiger partial charge on any atom is 0.319 e. The summed E-state index contributed by atoms with van der Waals surface area (Å²) in [6.07, 6.45) is 2.22. The van der Waals surface area contributed by atoms with Crippen LogP contribution in [0.3, 0.4) is 0 Å². The Morgan fingerprint density at radius 3 is 2.73 bits per heavy atom. The molecule has 0 bridgehead atoms. The smallest absolute Gasteiger partial charge is 0.319 e. The Hall–Kier alpha value is -1.51.